The molecular formula is C29H31N3O3S. The summed E-state index contributed by atoms with van der Waals surface area (Å²) in [5, 5.41) is 11.1. The molecule has 0 radical (unpaired) electrons. The fourth-order valence-electron chi connectivity index (χ4n) is 4.65. The van der Waals surface area contributed by atoms with E-state index in [9.17, 15) is 9.90 Å². The Balaban J connectivity index is 1.55. The lowest BCUT2D eigenvalue weighted by Gasteiger charge is -2.33. The van der Waals surface area contributed by atoms with Gasteiger partial charge in [0.1, 0.15) is 11.6 Å². The number of piperidine rings is 1. The number of benzene rings is 2. The van der Waals surface area contributed by atoms with Crippen molar-refractivity contribution in [2.75, 3.05) is 24.2 Å². The molecule has 0 bridgehead atoms. The van der Waals surface area contributed by atoms with E-state index >= 15 is 0 Å². The van der Waals surface area contributed by atoms with Gasteiger partial charge in [0.05, 0.1) is 31.0 Å². The van der Waals surface area contributed by atoms with Gasteiger partial charge in [0.15, 0.2) is 0 Å². The fraction of sp³-hybridized carbons (Fsp3) is 0.310. The Labute approximate surface area is 215 Å². The molecule has 2 aromatic heterocycles. The summed E-state index contributed by atoms with van der Waals surface area (Å²) >= 11 is 1.69. The Morgan fingerprint density at radius 2 is 1.89 bits per heavy atom. The van der Waals surface area contributed by atoms with E-state index in [0.717, 1.165) is 51.6 Å². The maximum absolute atomic E-state index is 13.7. The zero-order chi connectivity index (χ0) is 25.1. The minimum atomic E-state index is -0.271. The van der Waals surface area contributed by atoms with Crippen molar-refractivity contribution < 1.29 is 14.3 Å². The van der Waals surface area contributed by atoms with Crippen LogP contribution in [0.25, 0.3) is 10.9 Å². The quantitative estimate of drug-likeness (QED) is 0.330. The number of hydrogen-bond acceptors (Lipinski definition) is 6. The number of carbonyl (C=O) groups is 1. The molecule has 0 spiro atoms. The number of rotatable bonds is 7. The Morgan fingerprint density at radius 3 is 2.58 bits per heavy atom. The summed E-state index contributed by atoms with van der Waals surface area (Å²) < 4.78 is 5.61. The third kappa shape index (κ3) is 5.42. The SMILES string of the molecule is CSc1ccc2cc(CN(Cc3ccco3)C(=O)c3ccc(C)cc3)c(N3CCC(O)CC3)nc2c1. The lowest BCUT2D eigenvalue weighted by atomic mass is 10.1. The van der Waals surface area contributed by atoms with Crippen molar-refractivity contribution in [1.82, 2.24) is 9.88 Å². The number of hydrogen-bond donors (Lipinski definition) is 1. The van der Waals surface area contributed by atoms with Crippen molar-refractivity contribution in [2.45, 2.75) is 43.9 Å². The second-order valence-corrected chi connectivity index (χ2v) is 10.2. The van der Waals surface area contributed by atoms with Crippen LogP contribution in [0.5, 0.6) is 0 Å². The number of fused-ring (bicyclic) bond motifs is 1. The van der Waals surface area contributed by atoms with Gasteiger partial charge in [-0.2, -0.15) is 0 Å². The molecule has 1 fully saturated rings. The number of carbonyl (C=O) groups excluding carboxylic acids is 1. The molecule has 0 aliphatic carbocycles. The molecule has 2 aromatic carbocycles. The van der Waals surface area contributed by atoms with E-state index in [1.807, 2.05) is 48.2 Å². The molecule has 1 saturated heterocycles. The maximum atomic E-state index is 13.7. The molecule has 3 heterocycles. The van der Waals surface area contributed by atoms with E-state index < -0.39 is 0 Å². The first-order valence-electron chi connectivity index (χ1n) is 12.3. The number of nitrogens with zero attached hydrogens (tertiary/aromatic N) is 3. The van der Waals surface area contributed by atoms with Crippen molar-refractivity contribution >= 4 is 34.4 Å². The standard InChI is InChI=1S/C29H31N3O3S/c1-20-5-7-21(8-6-20)29(34)32(19-25-4-3-15-35-25)18-23-16-22-9-10-26(36-2)17-27(22)30-28(23)31-13-11-24(33)12-14-31/h3-10,15-17,24,33H,11-14,18-19H2,1-2H3. The van der Waals surface area contributed by atoms with Crippen LogP contribution >= 0.6 is 11.8 Å². The summed E-state index contributed by atoms with van der Waals surface area (Å²) in [5.41, 5.74) is 3.69. The molecule has 1 aliphatic heterocycles. The second kappa shape index (κ2) is 10.8. The highest BCUT2D eigenvalue weighted by atomic mass is 32.2. The summed E-state index contributed by atoms with van der Waals surface area (Å²) in [6.45, 7) is 4.24. The monoisotopic (exact) mass is 501 g/mol. The topological polar surface area (TPSA) is 69.8 Å². The van der Waals surface area contributed by atoms with Gasteiger partial charge in [0.25, 0.3) is 5.91 Å². The van der Waals surface area contributed by atoms with E-state index in [1.165, 1.54) is 0 Å². The van der Waals surface area contributed by atoms with Gasteiger partial charge in [0, 0.05) is 34.5 Å². The third-order valence-electron chi connectivity index (χ3n) is 6.72. The van der Waals surface area contributed by atoms with Gasteiger partial charge in [-0.05, 0) is 68.5 Å². The summed E-state index contributed by atoms with van der Waals surface area (Å²) in [7, 11) is 0. The molecule has 6 nitrogen and oxygen atoms in total. The Kier molecular flexibility index (Phi) is 7.30. The summed E-state index contributed by atoms with van der Waals surface area (Å²) in [6, 6.07) is 19.9. The molecule has 1 amide bonds. The molecule has 36 heavy (non-hydrogen) atoms. The smallest absolute Gasteiger partial charge is 0.254 e. The lowest BCUT2D eigenvalue weighted by molar-refractivity contribution is 0.0718. The number of aryl methyl sites for hydroxylation is 1. The van der Waals surface area contributed by atoms with Gasteiger partial charge in [-0.3, -0.25) is 4.79 Å². The number of aliphatic hydroxyl groups excluding tert-OH is 1. The molecule has 0 atom stereocenters. The number of aliphatic hydroxyl groups is 1. The zero-order valence-electron chi connectivity index (χ0n) is 20.7. The Morgan fingerprint density at radius 1 is 1.11 bits per heavy atom. The van der Waals surface area contributed by atoms with E-state index in [2.05, 4.69) is 35.4 Å². The predicted molar refractivity (Wildman–Crippen MR) is 144 cm³/mol. The van der Waals surface area contributed by atoms with E-state index in [4.69, 9.17) is 9.40 Å². The van der Waals surface area contributed by atoms with E-state index in [1.54, 1.807) is 18.0 Å². The summed E-state index contributed by atoms with van der Waals surface area (Å²) in [6.07, 6.45) is 4.85. The molecule has 186 valence electrons. The third-order valence-corrected chi connectivity index (χ3v) is 7.44. The Bertz CT molecular complexity index is 1330. The maximum Gasteiger partial charge on any atom is 0.254 e. The highest BCUT2D eigenvalue weighted by molar-refractivity contribution is 7.98. The second-order valence-electron chi connectivity index (χ2n) is 9.35. The molecule has 4 aromatic rings. The highest BCUT2D eigenvalue weighted by Gasteiger charge is 2.24. The van der Waals surface area contributed by atoms with Crippen LogP contribution in [-0.2, 0) is 13.1 Å². The van der Waals surface area contributed by atoms with Gasteiger partial charge < -0.3 is 19.3 Å². The summed E-state index contributed by atoms with van der Waals surface area (Å²) in [5.74, 6) is 1.56. The Hall–Kier alpha value is -3.29. The van der Waals surface area contributed by atoms with E-state index in [0.29, 0.717) is 31.5 Å². The van der Waals surface area contributed by atoms with Crippen LogP contribution in [0.3, 0.4) is 0 Å². The predicted octanol–water partition coefficient (Wildman–Crippen LogP) is 5.66. The first-order valence-corrected chi connectivity index (χ1v) is 13.5. The molecule has 5 rings (SSSR count). The largest absolute Gasteiger partial charge is 0.467 e. The molecule has 1 N–H and O–H groups in total. The van der Waals surface area contributed by atoms with E-state index in [-0.39, 0.29) is 12.0 Å². The van der Waals surface area contributed by atoms with Gasteiger partial charge in [-0.25, -0.2) is 4.98 Å². The van der Waals surface area contributed by atoms with Crippen molar-refractivity contribution in [3.8, 4) is 0 Å². The number of thioether (sulfide) groups is 1. The minimum absolute atomic E-state index is 0.0516. The van der Waals surface area contributed by atoms with Crippen LogP contribution in [0.15, 0.2) is 76.2 Å². The van der Waals surface area contributed by atoms with Gasteiger partial charge in [-0.1, -0.05) is 23.8 Å². The van der Waals surface area contributed by atoms with Crippen LogP contribution in [0.4, 0.5) is 5.82 Å². The number of aromatic nitrogens is 1. The van der Waals surface area contributed by atoms with Crippen molar-refractivity contribution in [3.05, 3.63) is 89.4 Å². The summed E-state index contributed by atoms with van der Waals surface area (Å²) in [4.78, 5) is 24.0. The van der Waals surface area contributed by atoms with Crippen molar-refractivity contribution in [1.29, 1.82) is 0 Å². The number of anilines is 1. The normalized spacial score (nSPS) is 14.4. The van der Waals surface area contributed by atoms with Gasteiger partial charge in [-0.15, -0.1) is 11.8 Å². The molecular weight excluding hydrogens is 470 g/mol. The number of furan rings is 1. The molecule has 0 unspecified atom stereocenters. The van der Waals surface area contributed by atoms with Crippen LogP contribution in [-0.4, -0.2) is 46.3 Å². The van der Waals surface area contributed by atoms with Gasteiger partial charge in [0.2, 0.25) is 0 Å². The number of amides is 1. The van der Waals surface area contributed by atoms with Crippen molar-refractivity contribution in [3.63, 3.8) is 0 Å². The average Bonchev–Trinajstić information content (AvgIpc) is 3.41. The molecule has 0 saturated carbocycles. The average molecular weight is 502 g/mol. The lowest BCUT2D eigenvalue weighted by Crippen LogP contribution is -2.38. The van der Waals surface area contributed by atoms with Crippen LogP contribution in [0.1, 0.15) is 40.1 Å². The minimum Gasteiger partial charge on any atom is -0.467 e. The van der Waals surface area contributed by atoms with Crippen LogP contribution < -0.4 is 4.90 Å². The molecule has 7 heteroatoms. The zero-order valence-corrected chi connectivity index (χ0v) is 21.5. The van der Waals surface area contributed by atoms with Crippen LogP contribution in [0.2, 0.25) is 0 Å². The first-order chi connectivity index (χ1) is 17.5. The van der Waals surface area contributed by atoms with Crippen LogP contribution in [0, 0.1) is 6.92 Å². The first kappa shape index (κ1) is 24.4. The number of pyridine rings is 1. The fourth-order valence-corrected chi connectivity index (χ4v) is 5.08. The highest BCUT2D eigenvalue weighted by Crippen LogP contribution is 2.30. The van der Waals surface area contributed by atoms with Gasteiger partial charge >= 0.3 is 0 Å². The van der Waals surface area contributed by atoms with Crippen molar-refractivity contribution in [2.24, 2.45) is 0 Å². The molecule has 1 aliphatic rings.